The fraction of sp³-hybridized carbons (Fsp3) is 0.667. The Hall–Kier alpha value is -1.43. The molecular weight excluding hydrogens is 288 g/mol. The molecule has 5 nitrogen and oxygen atoms in total. The highest BCUT2D eigenvalue weighted by Crippen LogP contribution is 2.24. The topological polar surface area (TPSA) is 70.5 Å². The van der Waals surface area contributed by atoms with Crippen molar-refractivity contribution < 1.29 is 14.7 Å². The summed E-state index contributed by atoms with van der Waals surface area (Å²) in [7, 11) is 0. The normalized spacial score (nSPS) is 22.3. The van der Waals surface area contributed by atoms with Crippen LogP contribution >= 0.6 is 11.3 Å². The van der Waals surface area contributed by atoms with Gasteiger partial charge < -0.3 is 10.0 Å². The van der Waals surface area contributed by atoms with E-state index in [0.717, 1.165) is 30.0 Å². The largest absolute Gasteiger partial charge is 0.480 e. The van der Waals surface area contributed by atoms with Crippen LogP contribution in [-0.4, -0.2) is 39.5 Å². The third-order valence-electron chi connectivity index (χ3n) is 3.96. The Balaban J connectivity index is 1.85. The van der Waals surface area contributed by atoms with E-state index in [9.17, 15) is 14.7 Å². The lowest BCUT2D eigenvalue weighted by Crippen LogP contribution is -2.49. The van der Waals surface area contributed by atoms with Gasteiger partial charge in [0.1, 0.15) is 6.04 Å². The highest BCUT2D eigenvalue weighted by atomic mass is 32.1. The van der Waals surface area contributed by atoms with Gasteiger partial charge in [-0.25, -0.2) is 9.78 Å². The van der Waals surface area contributed by atoms with Crippen molar-refractivity contribution in [2.75, 3.05) is 6.54 Å². The lowest BCUT2D eigenvalue weighted by molar-refractivity contribution is -0.153. The maximum atomic E-state index is 12.3. The van der Waals surface area contributed by atoms with Crippen molar-refractivity contribution in [1.82, 2.24) is 9.88 Å². The minimum atomic E-state index is -0.884. The number of carbonyl (C=O) groups is 2. The van der Waals surface area contributed by atoms with Gasteiger partial charge in [0.25, 0.3) is 0 Å². The van der Waals surface area contributed by atoms with Crippen LogP contribution < -0.4 is 0 Å². The molecule has 1 N–H and O–H groups in total. The first-order chi connectivity index (χ1) is 9.97. The highest BCUT2D eigenvalue weighted by molar-refractivity contribution is 7.09. The van der Waals surface area contributed by atoms with Gasteiger partial charge in [-0.2, -0.15) is 0 Å². The Morgan fingerprint density at radius 3 is 2.90 bits per heavy atom. The number of hydrogen-bond donors (Lipinski definition) is 1. The number of aryl methyl sites for hydroxylation is 2. The van der Waals surface area contributed by atoms with Crippen LogP contribution in [0.25, 0.3) is 0 Å². The summed E-state index contributed by atoms with van der Waals surface area (Å²) in [5.41, 5.74) is 1.02. The van der Waals surface area contributed by atoms with Gasteiger partial charge in [0.2, 0.25) is 5.91 Å². The molecule has 0 bridgehead atoms. The molecule has 2 atom stereocenters. The fourth-order valence-corrected chi connectivity index (χ4v) is 3.41. The van der Waals surface area contributed by atoms with E-state index in [1.54, 1.807) is 16.2 Å². The Bertz CT molecular complexity index is 515. The summed E-state index contributed by atoms with van der Waals surface area (Å²) >= 11 is 1.61. The number of thiazole rings is 1. The molecule has 1 saturated heterocycles. The monoisotopic (exact) mass is 310 g/mol. The minimum Gasteiger partial charge on any atom is -0.480 e. The quantitative estimate of drug-likeness (QED) is 0.907. The lowest BCUT2D eigenvalue weighted by atomic mass is 9.92. The number of piperidine rings is 1. The van der Waals surface area contributed by atoms with Gasteiger partial charge >= 0.3 is 5.97 Å². The second kappa shape index (κ2) is 7.02. The number of hydrogen-bond acceptors (Lipinski definition) is 4. The molecule has 0 radical (unpaired) electrons. The molecule has 1 aliphatic heterocycles. The Labute approximate surface area is 129 Å². The predicted molar refractivity (Wildman–Crippen MR) is 81.3 cm³/mol. The molecule has 1 aromatic heterocycles. The number of nitrogens with zero attached hydrogens (tertiary/aromatic N) is 2. The van der Waals surface area contributed by atoms with Crippen LogP contribution in [0.3, 0.4) is 0 Å². The molecule has 2 unspecified atom stereocenters. The number of amides is 1. The first kappa shape index (κ1) is 15.9. The second-order valence-electron chi connectivity index (χ2n) is 5.78. The van der Waals surface area contributed by atoms with Crippen LogP contribution in [0.2, 0.25) is 0 Å². The molecule has 0 spiro atoms. The van der Waals surface area contributed by atoms with Gasteiger partial charge in [0, 0.05) is 18.3 Å². The number of carbonyl (C=O) groups excluding carboxylic acids is 1. The van der Waals surface area contributed by atoms with Crippen molar-refractivity contribution in [2.45, 2.75) is 52.0 Å². The summed E-state index contributed by atoms with van der Waals surface area (Å²) in [4.78, 5) is 29.5. The fourth-order valence-electron chi connectivity index (χ4n) is 2.76. The first-order valence-corrected chi connectivity index (χ1v) is 8.28. The van der Waals surface area contributed by atoms with E-state index in [1.165, 1.54) is 0 Å². The van der Waals surface area contributed by atoms with Crippen molar-refractivity contribution in [3.05, 3.63) is 16.1 Å². The molecule has 116 valence electrons. The number of aliphatic carboxylic acids is 1. The summed E-state index contributed by atoms with van der Waals surface area (Å²) < 4.78 is 0. The van der Waals surface area contributed by atoms with E-state index in [0.29, 0.717) is 25.3 Å². The van der Waals surface area contributed by atoms with Crippen LogP contribution in [0, 0.1) is 12.8 Å². The zero-order valence-corrected chi connectivity index (χ0v) is 13.4. The highest BCUT2D eigenvalue weighted by Gasteiger charge is 2.34. The van der Waals surface area contributed by atoms with Crippen LogP contribution in [0.15, 0.2) is 5.38 Å². The van der Waals surface area contributed by atoms with E-state index in [2.05, 4.69) is 4.98 Å². The summed E-state index contributed by atoms with van der Waals surface area (Å²) in [6.07, 6.45) is 3.35. The molecule has 6 heteroatoms. The molecule has 1 fully saturated rings. The van der Waals surface area contributed by atoms with Crippen LogP contribution in [0.4, 0.5) is 0 Å². The zero-order chi connectivity index (χ0) is 15.4. The Kier molecular flexibility index (Phi) is 5.33. The van der Waals surface area contributed by atoms with Gasteiger partial charge in [0.15, 0.2) is 0 Å². The lowest BCUT2D eigenvalue weighted by Gasteiger charge is -2.36. The molecule has 1 aromatic rings. The van der Waals surface area contributed by atoms with Gasteiger partial charge in [-0.05, 0) is 38.5 Å². The van der Waals surface area contributed by atoms with E-state index in [-0.39, 0.29) is 5.91 Å². The molecule has 21 heavy (non-hydrogen) atoms. The van der Waals surface area contributed by atoms with Crippen molar-refractivity contribution >= 4 is 23.2 Å². The molecule has 0 saturated carbocycles. The molecule has 0 aromatic carbocycles. The number of rotatable bonds is 5. The van der Waals surface area contributed by atoms with Gasteiger partial charge in [-0.1, -0.05) is 6.92 Å². The van der Waals surface area contributed by atoms with Crippen molar-refractivity contribution in [3.63, 3.8) is 0 Å². The summed E-state index contributed by atoms with van der Waals surface area (Å²) in [6, 6.07) is -0.650. The average molecular weight is 310 g/mol. The van der Waals surface area contributed by atoms with Crippen LogP contribution in [-0.2, 0) is 16.0 Å². The van der Waals surface area contributed by atoms with Crippen molar-refractivity contribution in [3.8, 4) is 0 Å². The van der Waals surface area contributed by atoms with Gasteiger partial charge in [-0.15, -0.1) is 11.3 Å². The third-order valence-corrected chi connectivity index (χ3v) is 4.78. The molecule has 0 aliphatic carbocycles. The number of aromatic nitrogens is 1. The van der Waals surface area contributed by atoms with E-state index < -0.39 is 12.0 Å². The molecule has 2 rings (SSSR count). The summed E-state index contributed by atoms with van der Waals surface area (Å²) in [5, 5.41) is 12.3. The van der Waals surface area contributed by atoms with E-state index >= 15 is 0 Å². The predicted octanol–water partition coefficient (Wildman–Crippen LogP) is 2.49. The van der Waals surface area contributed by atoms with Crippen molar-refractivity contribution in [2.24, 2.45) is 5.92 Å². The minimum absolute atomic E-state index is 0.0405. The van der Waals surface area contributed by atoms with Crippen molar-refractivity contribution in [1.29, 1.82) is 0 Å². The number of carboxylic acids is 1. The zero-order valence-electron chi connectivity index (χ0n) is 12.5. The van der Waals surface area contributed by atoms with Gasteiger partial charge in [-0.3, -0.25) is 4.79 Å². The van der Waals surface area contributed by atoms with E-state index in [1.807, 2.05) is 19.2 Å². The van der Waals surface area contributed by atoms with Gasteiger partial charge in [0.05, 0.1) is 10.7 Å². The van der Waals surface area contributed by atoms with Crippen LogP contribution in [0.5, 0.6) is 0 Å². The maximum Gasteiger partial charge on any atom is 0.326 e. The number of carboxylic acid groups (broad SMARTS) is 1. The third kappa shape index (κ3) is 4.27. The standard InChI is InChI=1S/C15H22N2O3S/c1-10-6-7-17(13(8-10)15(19)20)14(18)5-3-4-12-9-21-11(2)16-12/h9-10,13H,3-8H2,1-2H3,(H,19,20). The summed E-state index contributed by atoms with van der Waals surface area (Å²) in [6.45, 7) is 4.57. The maximum absolute atomic E-state index is 12.3. The Morgan fingerprint density at radius 1 is 1.52 bits per heavy atom. The molecule has 1 aliphatic rings. The van der Waals surface area contributed by atoms with Crippen LogP contribution in [0.1, 0.15) is 43.3 Å². The average Bonchev–Trinajstić information content (AvgIpc) is 2.84. The molecule has 1 amide bonds. The summed E-state index contributed by atoms with van der Waals surface area (Å²) in [5.74, 6) is -0.556. The second-order valence-corrected chi connectivity index (χ2v) is 6.84. The molecular formula is C15H22N2O3S. The first-order valence-electron chi connectivity index (χ1n) is 7.40. The SMILES string of the molecule is Cc1nc(CCCC(=O)N2CCC(C)CC2C(=O)O)cs1. The smallest absolute Gasteiger partial charge is 0.326 e. The van der Waals surface area contributed by atoms with E-state index in [4.69, 9.17) is 0 Å². The number of likely N-dealkylation sites (tertiary alicyclic amines) is 1. The molecule has 2 heterocycles. The Morgan fingerprint density at radius 2 is 2.29 bits per heavy atom.